The lowest BCUT2D eigenvalue weighted by atomic mass is 10.0. The van der Waals surface area contributed by atoms with Gasteiger partial charge in [-0.1, -0.05) is 17.7 Å². The van der Waals surface area contributed by atoms with Crippen LogP contribution in [-0.2, 0) is 9.53 Å². The number of hydrogen-bond donors (Lipinski definition) is 1. The average Bonchev–Trinajstić information content (AvgIpc) is 2.28. The van der Waals surface area contributed by atoms with Crippen LogP contribution < -0.4 is 5.32 Å². The number of carbonyl (C=O) groups excluding carboxylic acids is 1. The predicted octanol–water partition coefficient (Wildman–Crippen LogP) is 2.76. The number of aryl methyl sites for hydroxylation is 1. The van der Waals surface area contributed by atoms with E-state index in [1.165, 1.54) is 7.11 Å². The van der Waals surface area contributed by atoms with Gasteiger partial charge >= 0.3 is 5.97 Å². The van der Waals surface area contributed by atoms with Crippen LogP contribution in [0.2, 0.25) is 0 Å². The lowest BCUT2D eigenvalue weighted by Gasteiger charge is -2.21. The van der Waals surface area contributed by atoms with Crippen molar-refractivity contribution in [3.63, 3.8) is 0 Å². The molecule has 1 aliphatic heterocycles. The molecule has 0 unspecified atom stereocenters. The summed E-state index contributed by atoms with van der Waals surface area (Å²) in [5.41, 5.74) is 3.36. The highest BCUT2D eigenvalue weighted by atomic mass is 35.5. The zero-order valence-corrected chi connectivity index (χ0v) is 9.84. The number of esters is 1. The molecule has 0 saturated carbocycles. The van der Waals surface area contributed by atoms with E-state index in [-0.39, 0.29) is 5.38 Å². The molecule has 84 valence electrons. The topological polar surface area (TPSA) is 38.3 Å². The van der Waals surface area contributed by atoms with Gasteiger partial charge < -0.3 is 10.1 Å². The molecule has 0 saturated heterocycles. The van der Waals surface area contributed by atoms with Crippen molar-refractivity contribution in [2.75, 3.05) is 12.4 Å². The first kappa shape index (κ1) is 11.0. The molecule has 3 nitrogen and oxygen atoms in total. The number of halogens is 1. The molecule has 0 aliphatic carbocycles. The highest BCUT2D eigenvalue weighted by molar-refractivity contribution is 6.23. The van der Waals surface area contributed by atoms with Gasteiger partial charge in [0.15, 0.2) is 0 Å². The molecule has 0 aromatic heterocycles. The summed E-state index contributed by atoms with van der Waals surface area (Å²) in [5, 5.41) is 2.71. The van der Waals surface area contributed by atoms with Crippen molar-refractivity contribution in [3.05, 3.63) is 41.1 Å². The van der Waals surface area contributed by atoms with Crippen LogP contribution in [0.15, 0.2) is 30.0 Å². The van der Waals surface area contributed by atoms with Crippen molar-refractivity contribution in [1.82, 2.24) is 0 Å². The zero-order chi connectivity index (χ0) is 11.7. The molecule has 1 heterocycles. The monoisotopic (exact) mass is 237 g/mol. The van der Waals surface area contributed by atoms with E-state index in [1.807, 2.05) is 25.1 Å². The number of nitrogens with one attached hydrogen (secondary N) is 1. The van der Waals surface area contributed by atoms with Gasteiger partial charge in [0, 0.05) is 5.69 Å². The zero-order valence-electron chi connectivity index (χ0n) is 9.08. The average molecular weight is 238 g/mol. The maximum atomic E-state index is 11.4. The highest BCUT2D eigenvalue weighted by Crippen LogP contribution is 2.35. The van der Waals surface area contributed by atoms with E-state index in [0.717, 1.165) is 16.8 Å². The third-order valence-corrected chi connectivity index (χ3v) is 2.85. The minimum Gasteiger partial charge on any atom is -0.464 e. The highest BCUT2D eigenvalue weighted by Gasteiger charge is 2.22. The Morgan fingerprint density at radius 2 is 2.25 bits per heavy atom. The number of hydrogen-bond acceptors (Lipinski definition) is 3. The number of fused-ring (bicyclic) bond motifs is 1. The van der Waals surface area contributed by atoms with Crippen LogP contribution in [0.5, 0.6) is 0 Å². The Morgan fingerprint density at radius 1 is 1.50 bits per heavy atom. The van der Waals surface area contributed by atoms with Gasteiger partial charge in [0.25, 0.3) is 0 Å². The van der Waals surface area contributed by atoms with Gasteiger partial charge in [-0.2, -0.15) is 0 Å². The van der Waals surface area contributed by atoms with Crippen LogP contribution in [0.25, 0.3) is 0 Å². The van der Waals surface area contributed by atoms with Crippen molar-refractivity contribution in [1.29, 1.82) is 0 Å². The smallest absolute Gasteiger partial charge is 0.354 e. The van der Waals surface area contributed by atoms with E-state index >= 15 is 0 Å². The second-order valence-corrected chi connectivity index (χ2v) is 4.16. The van der Waals surface area contributed by atoms with Gasteiger partial charge in [-0.25, -0.2) is 4.79 Å². The van der Waals surface area contributed by atoms with Crippen LogP contribution in [-0.4, -0.2) is 13.1 Å². The Bertz CT molecular complexity index is 468. The fourth-order valence-electron chi connectivity index (χ4n) is 1.68. The Morgan fingerprint density at radius 3 is 2.94 bits per heavy atom. The van der Waals surface area contributed by atoms with E-state index in [4.69, 9.17) is 11.6 Å². The summed E-state index contributed by atoms with van der Waals surface area (Å²) in [4.78, 5) is 11.4. The van der Waals surface area contributed by atoms with E-state index < -0.39 is 5.97 Å². The SMILES string of the molecule is COC(=O)C1=C[C@H](Cl)c2cc(C)ccc2N1. The third kappa shape index (κ3) is 1.91. The van der Waals surface area contributed by atoms with Crippen molar-refractivity contribution in [2.45, 2.75) is 12.3 Å². The van der Waals surface area contributed by atoms with E-state index in [0.29, 0.717) is 5.70 Å². The molecule has 16 heavy (non-hydrogen) atoms. The van der Waals surface area contributed by atoms with Gasteiger partial charge in [-0.05, 0) is 24.6 Å². The molecule has 0 spiro atoms. The Labute approximate surface area is 99.1 Å². The van der Waals surface area contributed by atoms with Crippen LogP contribution in [0.3, 0.4) is 0 Å². The van der Waals surface area contributed by atoms with Gasteiger partial charge in [0.2, 0.25) is 0 Å². The van der Waals surface area contributed by atoms with Gasteiger partial charge in [0.1, 0.15) is 5.70 Å². The van der Waals surface area contributed by atoms with Crippen LogP contribution in [0.4, 0.5) is 5.69 Å². The number of alkyl halides is 1. The summed E-state index contributed by atoms with van der Waals surface area (Å²) in [5.74, 6) is -0.406. The normalized spacial score (nSPS) is 18.2. The number of carbonyl (C=O) groups is 1. The first-order chi connectivity index (χ1) is 7.61. The largest absolute Gasteiger partial charge is 0.464 e. The van der Waals surface area contributed by atoms with E-state index in [1.54, 1.807) is 6.08 Å². The van der Waals surface area contributed by atoms with E-state index in [2.05, 4.69) is 10.1 Å². The van der Waals surface area contributed by atoms with Crippen molar-refractivity contribution in [2.24, 2.45) is 0 Å². The van der Waals surface area contributed by atoms with Crippen LogP contribution in [0.1, 0.15) is 16.5 Å². The number of ether oxygens (including phenoxy) is 1. The van der Waals surface area contributed by atoms with Crippen molar-refractivity contribution in [3.8, 4) is 0 Å². The minimum absolute atomic E-state index is 0.301. The molecular weight excluding hydrogens is 226 g/mol. The lowest BCUT2D eigenvalue weighted by Crippen LogP contribution is -2.18. The molecule has 1 aliphatic rings. The first-order valence-corrected chi connectivity index (χ1v) is 5.37. The Kier molecular flexibility index (Phi) is 2.88. The fourth-order valence-corrected chi connectivity index (χ4v) is 1.98. The number of rotatable bonds is 1. The summed E-state index contributed by atoms with van der Waals surface area (Å²) in [6, 6.07) is 5.89. The maximum absolute atomic E-state index is 11.4. The van der Waals surface area contributed by atoms with Gasteiger partial charge in [-0.3, -0.25) is 0 Å². The molecule has 0 amide bonds. The van der Waals surface area contributed by atoms with Gasteiger partial charge in [0.05, 0.1) is 12.5 Å². The summed E-state index contributed by atoms with van der Waals surface area (Å²) < 4.78 is 4.65. The molecule has 2 rings (SSSR count). The van der Waals surface area contributed by atoms with Crippen molar-refractivity contribution < 1.29 is 9.53 Å². The summed E-state index contributed by atoms with van der Waals surface area (Å²) in [6.07, 6.45) is 1.66. The molecule has 0 radical (unpaired) electrons. The number of benzene rings is 1. The summed E-state index contributed by atoms with van der Waals surface area (Å²) in [7, 11) is 1.35. The molecule has 1 atom stereocenters. The Hall–Kier alpha value is -1.48. The molecule has 1 N–H and O–H groups in total. The summed E-state index contributed by atoms with van der Waals surface area (Å²) >= 11 is 6.19. The Balaban J connectivity index is 2.38. The quantitative estimate of drug-likeness (QED) is 0.603. The molecule has 0 fully saturated rings. The lowest BCUT2D eigenvalue weighted by molar-refractivity contribution is -0.135. The molecule has 0 bridgehead atoms. The van der Waals surface area contributed by atoms with Gasteiger partial charge in [-0.15, -0.1) is 11.6 Å². The summed E-state index contributed by atoms with van der Waals surface area (Å²) in [6.45, 7) is 2.00. The van der Waals surface area contributed by atoms with Crippen LogP contribution >= 0.6 is 11.6 Å². The molecular formula is C12H12ClNO2. The molecule has 4 heteroatoms. The fraction of sp³-hybridized carbons (Fsp3) is 0.250. The number of anilines is 1. The second kappa shape index (κ2) is 4.18. The molecule has 1 aromatic rings. The van der Waals surface area contributed by atoms with E-state index in [9.17, 15) is 4.79 Å². The van der Waals surface area contributed by atoms with Crippen molar-refractivity contribution >= 4 is 23.3 Å². The standard InChI is InChI=1S/C12H12ClNO2/c1-7-3-4-10-8(5-7)9(13)6-11(14-10)12(15)16-2/h3-6,9,14H,1-2H3/t9-/m0/s1. The number of allylic oxidation sites excluding steroid dienone is 1. The first-order valence-electron chi connectivity index (χ1n) is 4.93. The maximum Gasteiger partial charge on any atom is 0.354 e. The van der Waals surface area contributed by atoms with Crippen LogP contribution in [0, 0.1) is 6.92 Å². The predicted molar refractivity (Wildman–Crippen MR) is 63.5 cm³/mol. The number of methoxy groups -OCH3 is 1. The molecule has 1 aromatic carbocycles. The second-order valence-electron chi connectivity index (χ2n) is 3.69. The third-order valence-electron chi connectivity index (χ3n) is 2.49. The minimum atomic E-state index is -0.406.